The number of carbonyl (C=O) groups is 1. The van der Waals surface area contributed by atoms with Crippen LogP contribution in [0.5, 0.6) is 0 Å². The minimum absolute atomic E-state index is 0.00475. The van der Waals surface area contributed by atoms with Gasteiger partial charge in [-0.3, -0.25) is 14.6 Å². The summed E-state index contributed by atoms with van der Waals surface area (Å²) in [5.41, 5.74) is -0.974. The topological polar surface area (TPSA) is 117 Å². The first kappa shape index (κ1) is 27.5. The maximum Gasteiger partial charge on any atom is 0.416 e. The van der Waals surface area contributed by atoms with Gasteiger partial charge in [-0.1, -0.05) is 12.1 Å². The van der Waals surface area contributed by atoms with Gasteiger partial charge in [0.15, 0.2) is 6.19 Å². The Kier molecular flexibility index (Phi) is 7.78. The molecule has 0 aliphatic carbocycles. The van der Waals surface area contributed by atoms with E-state index in [9.17, 15) is 27.0 Å². The lowest BCUT2D eigenvalue weighted by molar-refractivity contribution is -0.137. The van der Waals surface area contributed by atoms with E-state index in [-0.39, 0.29) is 34.2 Å². The first-order chi connectivity index (χ1) is 17.3. The molecule has 2 N–H and O–H groups in total. The summed E-state index contributed by atoms with van der Waals surface area (Å²) < 4.78 is 55.9. The van der Waals surface area contributed by atoms with Gasteiger partial charge in [-0.15, -0.1) is 0 Å². The van der Waals surface area contributed by atoms with Crippen LogP contribution < -0.4 is 15.5 Å². The molecular formula is C25H24F3N5O3S. The third-order valence-electron chi connectivity index (χ3n) is 5.59. The maximum atomic E-state index is 13.4. The van der Waals surface area contributed by atoms with Gasteiger partial charge in [0.25, 0.3) is 5.91 Å². The molecule has 12 heteroatoms. The second-order valence-electron chi connectivity index (χ2n) is 8.47. The number of nitrogens with zero attached hydrogens (tertiary/aromatic N) is 3. The lowest BCUT2D eigenvalue weighted by Crippen LogP contribution is -2.31. The molecule has 1 amide bonds. The molecule has 1 aromatic carbocycles. The van der Waals surface area contributed by atoms with E-state index in [1.807, 2.05) is 13.8 Å². The summed E-state index contributed by atoms with van der Waals surface area (Å²) in [6.45, 7) is 5.17. The number of hydrogen-bond donors (Lipinski definition) is 2. The fraction of sp³-hybridized carbons (Fsp3) is 0.240. The van der Waals surface area contributed by atoms with Crippen molar-refractivity contribution in [2.24, 2.45) is 0 Å². The highest BCUT2D eigenvalue weighted by atomic mass is 32.2. The normalized spacial score (nSPS) is 13.0. The molecule has 1 unspecified atom stereocenters. The Morgan fingerprint density at radius 3 is 2.54 bits per heavy atom. The van der Waals surface area contributed by atoms with Gasteiger partial charge in [-0.05, 0) is 56.5 Å². The Bertz CT molecular complexity index is 1540. The first-order valence-electron chi connectivity index (χ1n) is 11.0. The Hall–Kier alpha value is -4.11. The standard InChI is InChI=1S/C25H24F3N5O3S/c1-15(2)33-13-21(23(34)22(16(33)3)17-6-5-7-18(10-17)25(26,27)28)24(35)31-11-19-8-9-20(12-30-19)37(4,36)32-14-29/h5-10,12-13,15H,4,11H2,1-3H3,(H,31,35)(H,32,36). The van der Waals surface area contributed by atoms with Crippen LogP contribution in [0.1, 0.15) is 47.2 Å². The van der Waals surface area contributed by atoms with Crippen LogP contribution in [-0.4, -0.2) is 25.5 Å². The van der Waals surface area contributed by atoms with Crippen molar-refractivity contribution in [3.63, 3.8) is 0 Å². The molecule has 0 fully saturated rings. The molecule has 194 valence electrons. The van der Waals surface area contributed by atoms with E-state index in [2.05, 4.69) is 20.9 Å². The molecule has 0 saturated carbocycles. The van der Waals surface area contributed by atoms with E-state index in [4.69, 9.17) is 5.26 Å². The van der Waals surface area contributed by atoms with Gasteiger partial charge in [-0.2, -0.15) is 18.4 Å². The average Bonchev–Trinajstić information content (AvgIpc) is 2.82. The van der Waals surface area contributed by atoms with E-state index < -0.39 is 32.8 Å². The van der Waals surface area contributed by atoms with Gasteiger partial charge in [0.05, 0.1) is 32.4 Å². The lowest BCUT2D eigenvalue weighted by Gasteiger charge is -2.20. The molecule has 0 bridgehead atoms. The number of pyridine rings is 2. The van der Waals surface area contributed by atoms with Crippen LogP contribution in [0.4, 0.5) is 13.2 Å². The molecule has 0 aliphatic rings. The quantitative estimate of drug-likeness (QED) is 0.273. The predicted molar refractivity (Wildman–Crippen MR) is 134 cm³/mol. The summed E-state index contributed by atoms with van der Waals surface area (Å²) in [4.78, 5) is 30.7. The highest BCUT2D eigenvalue weighted by Crippen LogP contribution is 2.32. The maximum absolute atomic E-state index is 13.4. The van der Waals surface area contributed by atoms with E-state index in [0.29, 0.717) is 11.4 Å². The molecule has 1 atom stereocenters. The minimum Gasteiger partial charge on any atom is -0.348 e. The number of nitriles is 1. The van der Waals surface area contributed by atoms with Gasteiger partial charge in [0, 0.05) is 29.7 Å². The molecule has 3 aromatic rings. The summed E-state index contributed by atoms with van der Waals surface area (Å²) >= 11 is 0. The lowest BCUT2D eigenvalue weighted by atomic mass is 9.98. The first-order valence-corrected chi connectivity index (χ1v) is 12.7. The number of aromatic nitrogens is 2. The predicted octanol–water partition coefficient (Wildman–Crippen LogP) is 3.81. The van der Waals surface area contributed by atoms with Crippen molar-refractivity contribution in [3.8, 4) is 17.3 Å². The third kappa shape index (κ3) is 6.00. The fourth-order valence-electron chi connectivity index (χ4n) is 3.72. The Morgan fingerprint density at radius 2 is 1.97 bits per heavy atom. The highest BCUT2D eigenvalue weighted by Gasteiger charge is 2.31. The summed E-state index contributed by atoms with van der Waals surface area (Å²) in [7, 11) is -3.04. The van der Waals surface area contributed by atoms with Gasteiger partial charge < -0.3 is 9.88 Å². The number of alkyl halides is 3. The Morgan fingerprint density at radius 1 is 1.27 bits per heavy atom. The summed E-state index contributed by atoms with van der Waals surface area (Å²) in [6.07, 6.45) is -0.385. The van der Waals surface area contributed by atoms with Crippen LogP contribution >= 0.6 is 0 Å². The molecule has 0 saturated heterocycles. The molecule has 3 rings (SSSR count). The fourth-order valence-corrected chi connectivity index (χ4v) is 4.50. The SMILES string of the molecule is C=S(=O)(NC#N)c1ccc(CNC(=O)c2cn(C(C)C)c(C)c(-c3cccc(C(F)(F)F)c3)c2=O)nc1. The molecule has 37 heavy (non-hydrogen) atoms. The van der Waals surface area contributed by atoms with Crippen LogP contribution in [0.3, 0.4) is 0 Å². The van der Waals surface area contributed by atoms with Crippen molar-refractivity contribution in [2.75, 3.05) is 0 Å². The van der Waals surface area contributed by atoms with Crippen molar-refractivity contribution in [3.05, 3.63) is 81.5 Å². The van der Waals surface area contributed by atoms with Crippen LogP contribution in [0.2, 0.25) is 0 Å². The number of rotatable bonds is 7. The Balaban J connectivity index is 1.97. The Labute approximate surface area is 211 Å². The highest BCUT2D eigenvalue weighted by molar-refractivity contribution is 7.98. The molecule has 0 aliphatic heterocycles. The van der Waals surface area contributed by atoms with Crippen molar-refractivity contribution >= 4 is 21.5 Å². The zero-order valence-corrected chi connectivity index (χ0v) is 21.0. The second kappa shape index (κ2) is 10.5. The van der Waals surface area contributed by atoms with Crippen LogP contribution in [0.15, 0.2) is 58.5 Å². The largest absolute Gasteiger partial charge is 0.416 e. The van der Waals surface area contributed by atoms with Crippen molar-refractivity contribution < 1.29 is 22.2 Å². The zero-order chi connectivity index (χ0) is 27.5. The second-order valence-corrected chi connectivity index (χ2v) is 10.5. The molecular weight excluding hydrogens is 507 g/mol. The molecule has 0 radical (unpaired) electrons. The number of hydrogen-bond acceptors (Lipinski definition) is 5. The molecule has 2 heterocycles. The summed E-state index contributed by atoms with van der Waals surface area (Å²) in [6, 6.07) is 7.16. The van der Waals surface area contributed by atoms with Crippen molar-refractivity contribution in [1.82, 2.24) is 19.6 Å². The number of carbonyl (C=O) groups excluding carboxylic acids is 1. The van der Waals surface area contributed by atoms with E-state index in [0.717, 1.165) is 12.1 Å². The van der Waals surface area contributed by atoms with Crippen LogP contribution in [0, 0.1) is 18.4 Å². The van der Waals surface area contributed by atoms with Gasteiger partial charge in [0.2, 0.25) is 5.43 Å². The molecule has 2 aromatic heterocycles. The zero-order valence-electron chi connectivity index (χ0n) is 20.2. The van der Waals surface area contributed by atoms with Crippen LogP contribution in [0.25, 0.3) is 11.1 Å². The average molecular weight is 532 g/mol. The number of nitrogens with one attached hydrogen (secondary N) is 2. The summed E-state index contributed by atoms with van der Waals surface area (Å²) in [5, 5.41) is 11.3. The van der Waals surface area contributed by atoms with E-state index >= 15 is 0 Å². The monoisotopic (exact) mass is 531 g/mol. The van der Waals surface area contributed by atoms with Gasteiger partial charge >= 0.3 is 6.18 Å². The van der Waals surface area contributed by atoms with Crippen LogP contribution in [-0.2, 0) is 22.4 Å². The number of amides is 1. The molecule has 0 spiro atoms. The number of halogens is 3. The third-order valence-corrected chi connectivity index (χ3v) is 7.01. The van der Waals surface area contributed by atoms with Gasteiger partial charge in [0.1, 0.15) is 5.56 Å². The minimum atomic E-state index is -4.59. The number of benzene rings is 1. The van der Waals surface area contributed by atoms with Gasteiger partial charge in [-0.25, -0.2) is 8.93 Å². The van der Waals surface area contributed by atoms with E-state index in [1.54, 1.807) is 17.7 Å². The smallest absolute Gasteiger partial charge is 0.348 e. The van der Waals surface area contributed by atoms with Crippen molar-refractivity contribution in [1.29, 1.82) is 5.26 Å². The summed E-state index contributed by atoms with van der Waals surface area (Å²) in [5.74, 6) is 2.72. The van der Waals surface area contributed by atoms with Crippen molar-refractivity contribution in [2.45, 2.75) is 44.4 Å². The van der Waals surface area contributed by atoms with E-state index in [1.165, 1.54) is 36.7 Å². The molecule has 8 nitrogen and oxygen atoms in total.